The van der Waals surface area contributed by atoms with Crippen LogP contribution < -0.4 is 5.32 Å². The van der Waals surface area contributed by atoms with Gasteiger partial charge in [-0.1, -0.05) is 41.9 Å². The first-order chi connectivity index (χ1) is 9.20. The summed E-state index contributed by atoms with van der Waals surface area (Å²) < 4.78 is 0.893. The van der Waals surface area contributed by atoms with Gasteiger partial charge in [0.2, 0.25) is 0 Å². The van der Waals surface area contributed by atoms with Gasteiger partial charge in [0.05, 0.1) is 12.0 Å². The van der Waals surface area contributed by atoms with Gasteiger partial charge in [-0.25, -0.2) is 0 Å². The number of hydrogen-bond acceptors (Lipinski definition) is 2. The van der Waals surface area contributed by atoms with Crippen molar-refractivity contribution in [3.8, 4) is 6.07 Å². The predicted octanol–water partition coefficient (Wildman–Crippen LogP) is 4.82. The molecule has 0 aliphatic carbocycles. The molecule has 0 amide bonds. The zero-order chi connectivity index (χ0) is 13.7. The van der Waals surface area contributed by atoms with Crippen molar-refractivity contribution in [1.82, 2.24) is 0 Å². The molecule has 0 saturated carbocycles. The minimum Gasteiger partial charge on any atom is -0.382 e. The van der Waals surface area contributed by atoms with Crippen LogP contribution in [0.25, 0.3) is 0 Å². The minimum atomic E-state index is -0.177. The van der Waals surface area contributed by atoms with Crippen LogP contribution in [0, 0.1) is 11.3 Å². The van der Waals surface area contributed by atoms with E-state index in [9.17, 15) is 5.26 Å². The third-order valence-electron chi connectivity index (χ3n) is 2.79. The second kappa shape index (κ2) is 6.60. The lowest BCUT2D eigenvalue weighted by molar-refractivity contribution is 0.900. The van der Waals surface area contributed by atoms with Crippen LogP contribution in [0.15, 0.2) is 53.0 Å². The van der Waals surface area contributed by atoms with E-state index in [1.54, 1.807) is 0 Å². The molecule has 0 aliphatic heterocycles. The van der Waals surface area contributed by atoms with Gasteiger partial charge in [0.1, 0.15) is 0 Å². The van der Waals surface area contributed by atoms with Crippen molar-refractivity contribution in [3.05, 3.63) is 63.6 Å². The van der Waals surface area contributed by atoms with E-state index in [-0.39, 0.29) is 5.92 Å². The van der Waals surface area contributed by atoms with Gasteiger partial charge in [-0.2, -0.15) is 5.26 Å². The summed E-state index contributed by atoms with van der Waals surface area (Å²) in [5, 5.41) is 13.2. The Morgan fingerprint density at radius 3 is 2.58 bits per heavy atom. The second-order valence-corrected chi connectivity index (χ2v) is 5.39. The molecule has 2 rings (SSSR count). The van der Waals surface area contributed by atoms with Crippen molar-refractivity contribution in [2.75, 3.05) is 11.9 Å². The molecule has 1 unspecified atom stereocenters. The number of benzene rings is 2. The molecule has 0 bridgehead atoms. The number of rotatable bonds is 4. The van der Waals surface area contributed by atoms with E-state index < -0.39 is 0 Å². The fourth-order valence-electron chi connectivity index (χ4n) is 1.77. The largest absolute Gasteiger partial charge is 0.382 e. The van der Waals surface area contributed by atoms with Crippen LogP contribution in [0.2, 0.25) is 5.02 Å². The summed E-state index contributed by atoms with van der Waals surface area (Å²) in [6, 6.07) is 17.6. The molecule has 0 spiro atoms. The molecule has 4 heteroatoms. The zero-order valence-electron chi connectivity index (χ0n) is 10.1. The van der Waals surface area contributed by atoms with Crippen LogP contribution in [0.4, 0.5) is 5.69 Å². The Morgan fingerprint density at radius 2 is 1.95 bits per heavy atom. The van der Waals surface area contributed by atoms with Crippen LogP contribution in [-0.2, 0) is 0 Å². The number of nitrogens with one attached hydrogen (secondary N) is 1. The van der Waals surface area contributed by atoms with Crippen molar-refractivity contribution in [1.29, 1.82) is 5.26 Å². The van der Waals surface area contributed by atoms with Gasteiger partial charge in [0.25, 0.3) is 0 Å². The van der Waals surface area contributed by atoms with Gasteiger partial charge in [0, 0.05) is 21.7 Å². The van der Waals surface area contributed by atoms with Gasteiger partial charge in [-0.05, 0) is 39.7 Å². The summed E-state index contributed by atoms with van der Waals surface area (Å²) in [5.41, 5.74) is 1.95. The third kappa shape index (κ3) is 3.73. The lowest BCUT2D eigenvalue weighted by atomic mass is 10.0. The molecule has 96 valence electrons. The van der Waals surface area contributed by atoms with E-state index in [1.165, 1.54) is 0 Å². The molecule has 0 aliphatic rings. The van der Waals surface area contributed by atoms with Crippen LogP contribution in [0.1, 0.15) is 11.5 Å². The Morgan fingerprint density at radius 1 is 1.21 bits per heavy atom. The van der Waals surface area contributed by atoms with Crippen molar-refractivity contribution >= 4 is 33.2 Å². The van der Waals surface area contributed by atoms with Gasteiger partial charge in [0.15, 0.2) is 0 Å². The highest BCUT2D eigenvalue weighted by molar-refractivity contribution is 9.10. The van der Waals surface area contributed by atoms with E-state index >= 15 is 0 Å². The summed E-state index contributed by atoms with van der Waals surface area (Å²) in [6.07, 6.45) is 0. The number of nitriles is 1. The number of nitrogens with zero attached hydrogens (tertiary/aromatic N) is 1. The highest BCUT2D eigenvalue weighted by Crippen LogP contribution is 2.26. The SMILES string of the molecule is N#CC(CNc1ccc(Cl)cc1Br)c1ccccc1. The Balaban J connectivity index is 2.07. The highest BCUT2D eigenvalue weighted by atomic mass is 79.9. The van der Waals surface area contributed by atoms with Gasteiger partial charge < -0.3 is 5.32 Å². The minimum absolute atomic E-state index is 0.177. The van der Waals surface area contributed by atoms with Crippen molar-refractivity contribution in [2.45, 2.75) is 5.92 Å². The molecule has 0 aromatic heterocycles. The first kappa shape index (κ1) is 13.9. The Labute approximate surface area is 126 Å². The predicted molar refractivity (Wildman–Crippen MR) is 82.4 cm³/mol. The summed E-state index contributed by atoms with van der Waals surface area (Å²) in [7, 11) is 0. The van der Waals surface area contributed by atoms with Crippen molar-refractivity contribution in [2.24, 2.45) is 0 Å². The fourth-order valence-corrected chi connectivity index (χ4v) is 2.59. The maximum atomic E-state index is 9.25. The Bertz CT molecular complexity index is 593. The summed E-state index contributed by atoms with van der Waals surface area (Å²) >= 11 is 9.34. The molecule has 2 aromatic carbocycles. The fraction of sp³-hybridized carbons (Fsp3) is 0.133. The van der Waals surface area contributed by atoms with E-state index in [4.69, 9.17) is 11.6 Å². The number of anilines is 1. The highest BCUT2D eigenvalue weighted by Gasteiger charge is 2.10. The molecule has 2 aromatic rings. The molecule has 1 N–H and O–H groups in total. The second-order valence-electron chi connectivity index (χ2n) is 4.10. The first-order valence-electron chi connectivity index (χ1n) is 5.84. The first-order valence-corrected chi connectivity index (χ1v) is 7.01. The van der Waals surface area contributed by atoms with E-state index in [0.29, 0.717) is 11.6 Å². The molecule has 0 fully saturated rings. The quantitative estimate of drug-likeness (QED) is 0.869. The standard InChI is InChI=1S/C15H12BrClN2/c16-14-8-13(17)6-7-15(14)19-10-12(9-18)11-4-2-1-3-5-11/h1-8,12,19H,10H2. The molecule has 19 heavy (non-hydrogen) atoms. The average Bonchev–Trinajstić information content (AvgIpc) is 2.43. The van der Waals surface area contributed by atoms with E-state index in [0.717, 1.165) is 15.7 Å². The molecule has 2 nitrogen and oxygen atoms in total. The lowest BCUT2D eigenvalue weighted by Crippen LogP contribution is -2.11. The maximum Gasteiger partial charge on any atom is 0.0885 e. The van der Waals surface area contributed by atoms with E-state index in [2.05, 4.69) is 27.3 Å². The molecule has 0 heterocycles. The molecular formula is C15H12BrClN2. The molecular weight excluding hydrogens is 324 g/mol. The number of hydrogen-bond donors (Lipinski definition) is 1. The summed E-state index contributed by atoms with van der Waals surface area (Å²) in [4.78, 5) is 0. The lowest BCUT2D eigenvalue weighted by Gasteiger charge is -2.13. The molecule has 1 atom stereocenters. The van der Waals surface area contributed by atoms with E-state index in [1.807, 2.05) is 48.5 Å². The Hall–Kier alpha value is -1.50. The van der Waals surface area contributed by atoms with Crippen LogP contribution in [-0.4, -0.2) is 6.54 Å². The van der Waals surface area contributed by atoms with Crippen LogP contribution >= 0.6 is 27.5 Å². The Kier molecular flexibility index (Phi) is 4.84. The van der Waals surface area contributed by atoms with Crippen molar-refractivity contribution < 1.29 is 0 Å². The van der Waals surface area contributed by atoms with Crippen LogP contribution in [0.5, 0.6) is 0 Å². The molecule has 0 radical (unpaired) electrons. The van der Waals surface area contributed by atoms with Gasteiger partial charge in [-0.3, -0.25) is 0 Å². The van der Waals surface area contributed by atoms with Gasteiger partial charge >= 0.3 is 0 Å². The average molecular weight is 336 g/mol. The summed E-state index contributed by atoms with van der Waals surface area (Å²) in [5.74, 6) is -0.177. The molecule has 0 saturated heterocycles. The monoisotopic (exact) mass is 334 g/mol. The smallest absolute Gasteiger partial charge is 0.0885 e. The summed E-state index contributed by atoms with van der Waals surface area (Å²) in [6.45, 7) is 0.556. The topological polar surface area (TPSA) is 35.8 Å². The van der Waals surface area contributed by atoms with Crippen molar-refractivity contribution in [3.63, 3.8) is 0 Å². The van der Waals surface area contributed by atoms with Crippen LogP contribution in [0.3, 0.4) is 0 Å². The normalized spacial score (nSPS) is 11.6. The van der Waals surface area contributed by atoms with Gasteiger partial charge in [-0.15, -0.1) is 0 Å². The zero-order valence-corrected chi connectivity index (χ0v) is 12.4. The number of halogens is 2. The maximum absolute atomic E-state index is 9.25. The third-order valence-corrected chi connectivity index (χ3v) is 3.68.